The van der Waals surface area contributed by atoms with Crippen LogP contribution in [0.5, 0.6) is 0 Å². The first-order valence-electron chi connectivity index (χ1n) is 4.58. The topological polar surface area (TPSA) is 63.3 Å². The van der Waals surface area contributed by atoms with Crippen molar-refractivity contribution in [2.24, 2.45) is 0 Å². The van der Waals surface area contributed by atoms with Crippen LogP contribution in [0, 0.1) is 0 Å². The minimum absolute atomic E-state index is 0.149. The molecule has 1 heterocycles. The van der Waals surface area contributed by atoms with Crippen molar-refractivity contribution in [2.45, 2.75) is 6.42 Å². The molecular weight excluding hydrogens is 274 g/mol. The summed E-state index contributed by atoms with van der Waals surface area (Å²) in [6.07, 6.45) is -0.149. The standard InChI is InChI=1S/C11H8BrNO3/c12-8-3-1-7(2-4-8)10-5-9(16-13-10)6-11(14)15/h1-5H,6H2,(H,14,15). The van der Waals surface area contributed by atoms with E-state index in [2.05, 4.69) is 21.1 Å². The van der Waals surface area contributed by atoms with Gasteiger partial charge in [-0.1, -0.05) is 33.2 Å². The molecule has 0 aliphatic rings. The number of rotatable bonds is 3. The van der Waals surface area contributed by atoms with E-state index in [9.17, 15) is 4.79 Å². The second-order valence-electron chi connectivity index (χ2n) is 3.26. The predicted octanol–water partition coefficient (Wildman–Crippen LogP) is 2.73. The monoisotopic (exact) mass is 281 g/mol. The minimum Gasteiger partial charge on any atom is -0.481 e. The van der Waals surface area contributed by atoms with E-state index in [0.717, 1.165) is 10.0 Å². The number of benzene rings is 1. The van der Waals surface area contributed by atoms with Crippen LogP contribution in [0.4, 0.5) is 0 Å². The lowest BCUT2D eigenvalue weighted by Gasteiger charge is -1.94. The van der Waals surface area contributed by atoms with Crippen molar-refractivity contribution in [1.82, 2.24) is 5.16 Å². The van der Waals surface area contributed by atoms with Gasteiger partial charge in [0.25, 0.3) is 0 Å². The van der Waals surface area contributed by atoms with E-state index < -0.39 is 5.97 Å². The first-order chi connectivity index (χ1) is 7.65. The van der Waals surface area contributed by atoms with E-state index in [1.807, 2.05) is 24.3 Å². The molecule has 1 aromatic heterocycles. The molecule has 0 spiro atoms. The third-order valence-electron chi connectivity index (χ3n) is 2.02. The van der Waals surface area contributed by atoms with E-state index >= 15 is 0 Å². The van der Waals surface area contributed by atoms with Gasteiger partial charge in [-0.2, -0.15) is 0 Å². The third kappa shape index (κ3) is 2.49. The van der Waals surface area contributed by atoms with Crippen molar-refractivity contribution >= 4 is 21.9 Å². The highest BCUT2D eigenvalue weighted by Crippen LogP contribution is 2.21. The summed E-state index contributed by atoms with van der Waals surface area (Å²) >= 11 is 3.33. The molecule has 0 unspecified atom stereocenters. The Hall–Kier alpha value is -1.62. The summed E-state index contributed by atoms with van der Waals surface area (Å²) in [6.45, 7) is 0. The van der Waals surface area contributed by atoms with Gasteiger partial charge in [0.15, 0.2) is 0 Å². The van der Waals surface area contributed by atoms with Gasteiger partial charge in [0.05, 0.1) is 0 Å². The second kappa shape index (κ2) is 4.49. The summed E-state index contributed by atoms with van der Waals surface area (Å²) in [5.74, 6) is -0.580. The SMILES string of the molecule is O=C(O)Cc1cc(-c2ccc(Br)cc2)no1. The molecule has 0 saturated heterocycles. The zero-order valence-electron chi connectivity index (χ0n) is 8.18. The summed E-state index contributed by atoms with van der Waals surface area (Å²) < 4.78 is 5.89. The van der Waals surface area contributed by atoms with Crippen LogP contribution >= 0.6 is 15.9 Å². The van der Waals surface area contributed by atoms with Crippen molar-refractivity contribution < 1.29 is 14.4 Å². The molecule has 5 heteroatoms. The first kappa shape index (κ1) is 10.9. The van der Waals surface area contributed by atoms with E-state index in [1.165, 1.54) is 0 Å². The van der Waals surface area contributed by atoms with E-state index in [0.29, 0.717) is 11.5 Å². The molecule has 0 radical (unpaired) electrons. The molecule has 1 aromatic carbocycles. The van der Waals surface area contributed by atoms with Gasteiger partial charge in [-0.15, -0.1) is 0 Å². The lowest BCUT2D eigenvalue weighted by atomic mass is 10.1. The van der Waals surface area contributed by atoms with Crippen LogP contribution in [-0.4, -0.2) is 16.2 Å². The van der Waals surface area contributed by atoms with Crippen LogP contribution in [0.25, 0.3) is 11.3 Å². The van der Waals surface area contributed by atoms with Gasteiger partial charge in [-0.05, 0) is 12.1 Å². The van der Waals surface area contributed by atoms with Crippen molar-refractivity contribution in [3.63, 3.8) is 0 Å². The fourth-order valence-electron chi connectivity index (χ4n) is 1.30. The summed E-state index contributed by atoms with van der Waals surface area (Å²) in [4.78, 5) is 10.5. The molecule has 1 N–H and O–H groups in total. The number of carbonyl (C=O) groups is 1. The van der Waals surface area contributed by atoms with Crippen LogP contribution in [0.3, 0.4) is 0 Å². The van der Waals surface area contributed by atoms with Gasteiger partial charge in [-0.3, -0.25) is 4.79 Å². The first-order valence-corrected chi connectivity index (χ1v) is 5.38. The highest BCUT2D eigenvalue weighted by atomic mass is 79.9. The van der Waals surface area contributed by atoms with Gasteiger partial charge < -0.3 is 9.63 Å². The van der Waals surface area contributed by atoms with Crippen molar-refractivity contribution in [3.8, 4) is 11.3 Å². The van der Waals surface area contributed by atoms with Crippen molar-refractivity contribution in [3.05, 3.63) is 40.6 Å². The van der Waals surface area contributed by atoms with Gasteiger partial charge in [0.1, 0.15) is 17.9 Å². The molecule has 0 aliphatic heterocycles. The van der Waals surface area contributed by atoms with Crippen LogP contribution in [0.1, 0.15) is 5.76 Å². The Morgan fingerprint density at radius 1 is 1.38 bits per heavy atom. The Morgan fingerprint density at radius 3 is 2.69 bits per heavy atom. The number of carboxylic acids is 1. The molecule has 0 atom stereocenters. The Kier molecular flexibility index (Phi) is 3.05. The number of hydrogen-bond donors (Lipinski definition) is 1. The number of aromatic nitrogens is 1. The lowest BCUT2D eigenvalue weighted by molar-refractivity contribution is -0.136. The number of aliphatic carboxylic acids is 1. The molecule has 0 amide bonds. The Labute approximate surface area is 100 Å². The average Bonchev–Trinajstić information content (AvgIpc) is 2.66. The molecule has 2 rings (SSSR count). The van der Waals surface area contributed by atoms with Crippen LogP contribution in [-0.2, 0) is 11.2 Å². The summed E-state index contributed by atoms with van der Waals surface area (Å²) in [5.41, 5.74) is 1.53. The normalized spacial score (nSPS) is 10.3. The largest absolute Gasteiger partial charge is 0.481 e. The van der Waals surface area contributed by atoms with E-state index in [1.54, 1.807) is 6.07 Å². The number of hydrogen-bond acceptors (Lipinski definition) is 3. The second-order valence-corrected chi connectivity index (χ2v) is 4.17. The maximum absolute atomic E-state index is 10.5. The maximum Gasteiger partial charge on any atom is 0.311 e. The van der Waals surface area contributed by atoms with Crippen molar-refractivity contribution in [1.29, 1.82) is 0 Å². The van der Waals surface area contributed by atoms with Gasteiger partial charge >= 0.3 is 5.97 Å². The third-order valence-corrected chi connectivity index (χ3v) is 2.55. The van der Waals surface area contributed by atoms with E-state index in [-0.39, 0.29) is 6.42 Å². The highest BCUT2D eigenvalue weighted by Gasteiger charge is 2.09. The smallest absolute Gasteiger partial charge is 0.311 e. The van der Waals surface area contributed by atoms with Crippen LogP contribution in [0.15, 0.2) is 39.3 Å². The summed E-state index contributed by atoms with van der Waals surface area (Å²) in [7, 11) is 0. The zero-order valence-corrected chi connectivity index (χ0v) is 9.77. The molecule has 16 heavy (non-hydrogen) atoms. The number of carboxylic acid groups (broad SMARTS) is 1. The fraction of sp³-hybridized carbons (Fsp3) is 0.0909. The average molecular weight is 282 g/mol. The number of nitrogens with zero attached hydrogens (tertiary/aromatic N) is 1. The molecule has 0 saturated carbocycles. The Bertz CT molecular complexity index is 504. The molecule has 2 aromatic rings. The van der Waals surface area contributed by atoms with Crippen LogP contribution in [0.2, 0.25) is 0 Å². The van der Waals surface area contributed by atoms with E-state index in [4.69, 9.17) is 9.63 Å². The van der Waals surface area contributed by atoms with Gasteiger partial charge in [0.2, 0.25) is 0 Å². The Morgan fingerprint density at radius 2 is 2.06 bits per heavy atom. The maximum atomic E-state index is 10.5. The molecule has 4 nitrogen and oxygen atoms in total. The molecular formula is C11H8BrNO3. The predicted molar refractivity (Wildman–Crippen MR) is 61.0 cm³/mol. The minimum atomic E-state index is -0.932. The zero-order chi connectivity index (χ0) is 11.5. The Balaban J connectivity index is 2.24. The van der Waals surface area contributed by atoms with Gasteiger partial charge in [0, 0.05) is 16.1 Å². The molecule has 82 valence electrons. The highest BCUT2D eigenvalue weighted by molar-refractivity contribution is 9.10. The number of halogens is 1. The van der Waals surface area contributed by atoms with Crippen LogP contribution < -0.4 is 0 Å². The van der Waals surface area contributed by atoms with Gasteiger partial charge in [-0.25, -0.2) is 0 Å². The molecule has 0 aliphatic carbocycles. The molecule has 0 fully saturated rings. The summed E-state index contributed by atoms with van der Waals surface area (Å²) in [5, 5.41) is 12.4. The summed E-state index contributed by atoms with van der Waals surface area (Å²) in [6, 6.07) is 9.18. The fourth-order valence-corrected chi connectivity index (χ4v) is 1.57. The molecule has 0 bridgehead atoms. The quantitative estimate of drug-likeness (QED) is 0.940. The van der Waals surface area contributed by atoms with Crippen molar-refractivity contribution in [2.75, 3.05) is 0 Å². The lowest BCUT2D eigenvalue weighted by Crippen LogP contribution is -1.97.